The normalized spacial score (nSPS) is 13.3. The predicted molar refractivity (Wildman–Crippen MR) is 80.5 cm³/mol. The molecule has 3 heteroatoms. The third kappa shape index (κ3) is 2.19. The zero-order valence-corrected chi connectivity index (χ0v) is 12.0. The van der Waals surface area contributed by atoms with Gasteiger partial charge in [-0.2, -0.15) is 0 Å². The summed E-state index contributed by atoms with van der Waals surface area (Å²) in [5.41, 5.74) is 10.5. The van der Waals surface area contributed by atoms with Crippen molar-refractivity contribution in [3.63, 3.8) is 0 Å². The monoisotopic (exact) mass is 315 g/mol. The average molecular weight is 316 g/mol. The number of carbonyl (C=O) groups is 1. The molecule has 0 saturated heterocycles. The number of benzene rings is 2. The molecule has 0 radical (unpaired) electrons. The quantitative estimate of drug-likeness (QED) is 0.677. The van der Waals surface area contributed by atoms with Crippen LogP contribution in [0.2, 0.25) is 0 Å². The Hall–Kier alpha value is -1.61. The van der Waals surface area contributed by atoms with Crippen molar-refractivity contribution in [1.29, 1.82) is 0 Å². The van der Waals surface area contributed by atoms with Crippen molar-refractivity contribution in [3.05, 3.63) is 63.1 Å². The molecule has 96 valence electrons. The number of aryl methyl sites for hydroxylation is 2. The zero-order valence-electron chi connectivity index (χ0n) is 10.4. The third-order valence-electron chi connectivity index (χ3n) is 3.63. The van der Waals surface area contributed by atoms with Crippen LogP contribution in [0.25, 0.3) is 0 Å². The second-order valence-electron chi connectivity index (χ2n) is 4.87. The summed E-state index contributed by atoms with van der Waals surface area (Å²) in [4.78, 5) is 12.5. The number of rotatable bonds is 2. The van der Waals surface area contributed by atoms with E-state index < -0.39 is 0 Å². The summed E-state index contributed by atoms with van der Waals surface area (Å²) in [6.45, 7) is 0. The van der Waals surface area contributed by atoms with E-state index in [1.807, 2.05) is 12.1 Å². The highest BCUT2D eigenvalue weighted by Gasteiger charge is 2.17. The van der Waals surface area contributed by atoms with Crippen molar-refractivity contribution in [2.24, 2.45) is 0 Å². The molecule has 1 aliphatic carbocycles. The molecule has 3 rings (SSSR count). The highest BCUT2D eigenvalue weighted by Crippen LogP contribution is 2.28. The molecular weight excluding hydrogens is 302 g/mol. The molecule has 0 aromatic heterocycles. The summed E-state index contributed by atoms with van der Waals surface area (Å²) in [6, 6.07) is 11.4. The first-order valence-electron chi connectivity index (χ1n) is 6.37. The molecule has 1 aliphatic rings. The lowest BCUT2D eigenvalue weighted by molar-refractivity contribution is 0.103. The standard InChI is InChI=1S/C16H14BrNO/c17-15-13(5-2-6-14(15)18)16(19)12-8-7-10-3-1-4-11(10)9-12/h2,5-9H,1,3-4,18H2. The van der Waals surface area contributed by atoms with Crippen molar-refractivity contribution in [2.75, 3.05) is 5.73 Å². The molecule has 19 heavy (non-hydrogen) atoms. The van der Waals surface area contributed by atoms with Crippen LogP contribution in [0.1, 0.15) is 33.5 Å². The van der Waals surface area contributed by atoms with Gasteiger partial charge in [-0.1, -0.05) is 18.2 Å². The number of anilines is 1. The first-order chi connectivity index (χ1) is 9.16. The van der Waals surface area contributed by atoms with E-state index in [1.165, 1.54) is 17.5 Å². The van der Waals surface area contributed by atoms with Crippen LogP contribution in [0.3, 0.4) is 0 Å². The number of fused-ring (bicyclic) bond motifs is 1. The molecule has 0 amide bonds. The van der Waals surface area contributed by atoms with Gasteiger partial charge in [0.2, 0.25) is 0 Å². The molecule has 2 N–H and O–H groups in total. The molecule has 0 bridgehead atoms. The lowest BCUT2D eigenvalue weighted by Crippen LogP contribution is -2.04. The summed E-state index contributed by atoms with van der Waals surface area (Å²) in [5, 5.41) is 0. The minimum absolute atomic E-state index is 0.0221. The number of hydrogen-bond donors (Lipinski definition) is 1. The molecule has 0 aliphatic heterocycles. The fourth-order valence-corrected chi connectivity index (χ4v) is 3.04. The summed E-state index contributed by atoms with van der Waals surface area (Å²) in [5.74, 6) is 0.0221. The van der Waals surface area contributed by atoms with Crippen molar-refractivity contribution >= 4 is 27.4 Å². The van der Waals surface area contributed by atoms with Crippen molar-refractivity contribution in [2.45, 2.75) is 19.3 Å². The van der Waals surface area contributed by atoms with E-state index in [2.05, 4.69) is 22.0 Å². The molecule has 2 aromatic carbocycles. The second kappa shape index (κ2) is 4.82. The summed E-state index contributed by atoms with van der Waals surface area (Å²) in [6.07, 6.45) is 3.40. The molecule has 0 atom stereocenters. The number of carbonyl (C=O) groups excluding carboxylic acids is 1. The second-order valence-corrected chi connectivity index (χ2v) is 5.67. The largest absolute Gasteiger partial charge is 0.398 e. The van der Waals surface area contributed by atoms with E-state index in [1.54, 1.807) is 18.2 Å². The maximum absolute atomic E-state index is 12.5. The molecule has 0 saturated carbocycles. The zero-order chi connectivity index (χ0) is 13.4. The molecule has 0 heterocycles. The predicted octanol–water partition coefficient (Wildman–Crippen LogP) is 3.75. The summed E-state index contributed by atoms with van der Waals surface area (Å²) in [7, 11) is 0. The van der Waals surface area contributed by atoms with Gasteiger partial charge in [-0.05, 0) is 64.5 Å². The van der Waals surface area contributed by atoms with E-state index in [4.69, 9.17) is 5.73 Å². The van der Waals surface area contributed by atoms with Crippen LogP contribution in [0.5, 0.6) is 0 Å². The van der Waals surface area contributed by atoms with Gasteiger partial charge in [-0.15, -0.1) is 0 Å². The lowest BCUT2D eigenvalue weighted by atomic mass is 9.99. The average Bonchev–Trinajstić information content (AvgIpc) is 2.88. The number of halogens is 1. The van der Waals surface area contributed by atoms with Gasteiger partial charge in [-0.25, -0.2) is 0 Å². The molecule has 2 nitrogen and oxygen atoms in total. The Morgan fingerprint density at radius 3 is 2.74 bits per heavy atom. The van der Waals surface area contributed by atoms with Crippen molar-refractivity contribution in [3.8, 4) is 0 Å². The Bertz CT molecular complexity index is 664. The Balaban J connectivity index is 2.02. The lowest BCUT2D eigenvalue weighted by Gasteiger charge is -2.07. The Morgan fingerprint density at radius 1 is 1.11 bits per heavy atom. The van der Waals surface area contributed by atoms with Crippen LogP contribution in [0, 0.1) is 0 Å². The van der Waals surface area contributed by atoms with Gasteiger partial charge in [0.15, 0.2) is 5.78 Å². The SMILES string of the molecule is Nc1cccc(C(=O)c2ccc3c(c2)CCC3)c1Br. The van der Waals surface area contributed by atoms with Crippen LogP contribution in [-0.2, 0) is 12.8 Å². The first-order valence-corrected chi connectivity index (χ1v) is 7.16. The molecule has 0 fully saturated rings. The van der Waals surface area contributed by atoms with Crippen LogP contribution >= 0.6 is 15.9 Å². The first kappa shape index (κ1) is 12.4. The molecular formula is C16H14BrNO. The number of ketones is 1. The topological polar surface area (TPSA) is 43.1 Å². The van der Waals surface area contributed by atoms with Gasteiger partial charge in [0, 0.05) is 16.8 Å². The maximum atomic E-state index is 12.5. The van der Waals surface area contributed by atoms with Crippen LogP contribution < -0.4 is 5.73 Å². The highest BCUT2D eigenvalue weighted by molar-refractivity contribution is 9.10. The number of hydrogen-bond acceptors (Lipinski definition) is 2. The van der Waals surface area contributed by atoms with Crippen LogP contribution in [-0.4, -0.2) is 5.78 Å². The van der Waals surface area contributed by atoms with E-state index in [0.29, 0.717) is 15.7 Å². The van der Waals surface area contributed by atoms with Crippen LogP contribution in [0.15, 0.2) is 40.9 Å². The van der Waals surface area contributed by atoms with E-state index >= 15 is 0 Å². The van der Waals surface area contributed by atoms with Gasteiger partial charge < -0.3 is 5.73 Å². The Kier molecular flexibility index (Phi) is 3.15. The van der Waals surface area contributed by atoms with Gasteiger partial charge >= 0.3 is 0 Å². The van der Waals surface area contributed by atoms with Crippen LogP contribution in [0.4, 0.5) is 5.69 Å². The fraction of sp³-hybridized carbons (Fsp3) is 0.188. The third-order valence-corrected chi connectivity index (χ3v) is 4.52. The van der Waals surface area contributed by atoms with Gasteiger partial charge in [-0.3, -0.25) is 4.79 Å². The van der Waals surface area contributed by atoms with Crippen molar-refractivity contribution < 1.29 is 4.79 Å². The minimum atomic E-state index is 0.0221. The number of nitrogen functional groups attached to an aromatic ring is 1. The molecule has 0 unspecified atom stereocenters. The Morgan fingerprint density at radius 2 is 1.89 bits per heavy atom. The van der Waals surface area contributed by atoms with Crippen molar-refractivity contribution in [1.82, 2.24) is 0 Å². The van der Waals surface area contributed by atoms with E-state index in [9.17, 15) is 4.79 Å². The highest BCUT2D eigenvalue weighted by atomic mass is 79.9. The molecule has 2 aromatic rings. The van der Waals surface area contributed by atoms with Gasteiger partial charge in [0.05, 0.1) is 4.47 Å². The molecule has 0 spiro atoms. The summed E-state index contributed by atoms with van der Waals surface area (Å²) < 4.78 is 0.681. The maximum Gasteiger partial charge on any atom is 0.194 e. The van der Waals surface area contributed by atoms with E-state index in [-0.39, 0.29) is 5.78 Å². The Labute approximate surface area is 120 Å². The van der Waals surface area contributed by atoms with E-state index in [0.717, 1.165) is 18.4 Å². The number of nitrogens with two attached hydrogens (primary N) is 1. The smallest absolute Gasteiger partial charge is 0.194 e. The van der Waals surface area contributed by atoms with Gasteiger partial charge in [0.25, 0.3) is 0 Å². The summed E-state index contributed by atoms with van der Waals surface area (Å²) >= 11 is 3.39. The van der Waals surface area contributed by atoms with Gasteiger partial charge in [0.1, 0.15) is 0 Å². The fourth-order valence-electron chi connectivity index (χ4n) is 2.59. The minimum Gasteiger partial charge on any atom is -0.398 e.